The average Bonchev–Trinajstić information content (AvgIpc) is 2.65. The zero-order valence-corrected chi connectivity index (χ0v) is 11.7. The second-order valence-electron chi connectivity index (χ2n) is 5.03. The van der Waals surface area contributed by atoms with Gasteiger partial charge in [-0.15, -0.1) is 0 Å². The predicted octanol–water partition coefficient (Wildman–Crippen LogP) is 1.78. The van der Waals surface area contributed by atoms with Crippen molar-refractivity contribution in [3.8, 4) is 0 Å². The molecule has 0 atom stereocenters. The van der Waals surface area contributed by atoms with E-state index in [9.17, 15) is 8.42 Å². The molecule has 0 radical (unpaired) electrons. The number of fused-ring (bicyclic) bond motifs is 3. The normalized spacial score (nSPS) is 16.8. The standard InChI is InChI=1S/C13H15N3O2S/c1-8(2)16-13-12-9-5-6-19(17,18)11(9)4-3-10(12)14-7-15-13/h3-4,7-8H,5-6H2,1-2H3,(H,14,15,16). The van der Waals surface area contributed by atoms with Crippen LogP contribution in [0.15, 0.2) is 23.4 Å². The fourth-order valence-electron chi connectivity index (χ4n) is 2.47. The van der Waals surface area contributed by atoms with Crippen LogP contribution < -0.4 is 5.32 Å². The lowest BCUT2D eigenvalue weighted by Crippen LogP contribution is -2.12. The lowest BCUT2D eigenvalue weighted by atomic mass is 10.1. The number of hydrogen-bond acceptors (Lipinski definition) is 5. The van der Waals surface area contributed by atoms with Gasteiger partial charge < -0.3 is 5.32 Å². The highest BCUT2D eigenvalue weighted by molar-refractivity contribution is 7.91. The van der Waals surface area contributed by atoms with E-state index in [0.717, 1.165) is 16.5 Å². The van der Waals surface area contributed by atoms with Gasteiger partial charge in [0, 0.05) is 11.4 Å². The van der Waals surface area contributed by atoms with Gasteiger partial charge in [0.2, 0.25) is 0 Å². The first-order valence-corrected chi connectivity index (χ1v) is 7.90. The molecule has 1 aliphatic heterocycles. The summed E-state index contributed by atoms with van der Waals surface area (Å²) in [6.07, 6.45) is 2.04. The Kier molecular flexibility index (Phi) is 2.70. The van der Waals surface area contributed by atoms with Crippen molar-refractivity contribution in [2.75, 3.05) is 11.1 Å². The third-order valence-electron chi connectivity index (χ3n) is 3.25. The molecule has 0 aliphatic carbocycles. The third-order valence-corrected chi connectivity index (χ3v) is 5.04. The van der Waals surface area contributed by atoms with E-state index in [0.29, 0.717) is 17.1 Å². The van der Waals surface area contributed by atoms with E-state index in [-0.39, 0.29) is 11.8 Å². The second kappa shape index (κ2) is 4.16. The van der Waals surface area contributed by atoms with Gasteiger partial charge in [0.15, 0.2) is 9.84 Å². The summed E-state index contributed by atoms with van der Waals surface area (Å²) >= 11 is 0. The Morgan fingerprint density at radius 3 is 2.79 bits per heavy atom. The molecular formula is C13H15N3O2S. The average molecular weight is 277 g/mol. The SMILES string of the molecule is CC(C)Nc1ncnc2ccc3c(c12)CCS3(=O)=O. The highest BCUT2D eigenvalue weighted by atomic mass is 32.2. The van der Waals surface area contributed by atoms with Gasteiger partial charge in [-0.3, -0.25) is 0 Å². The van der Waals surface area contributed by atoms with Crippen LogP contribution in [0.2, 0.25) is 0 Å². The van der Waals surface area contributed by atoms with Crippen LogP contribution in [0.4, 0.5) is 5.82 Å². The maximum Gasteiger partial charge on any atom is 0.179 e. The van der Waals surface area contributed by atoms with Crippen LogP contribution in [0, 0.1) is 0 Å². The molecule has 0 bridgehead atoms. The van der Waals surface area contributed by atoms with Crippen molar-refractivity contribution in [3.63, 3.8) is 0 Å². The molecular weight excluding hydrogens is 262 g/mol. The molecule has 0 spiro atoms. The van der Waals surface area contributed by atoms with E-state index in [2.05, 4.69) is 15.3 Å². The molecule has 6 heteroatoms. The highest BCUT2D eigenvalue weighted by Gasteiger charge is 2.29. The Bertz CT molecular complexity index is 754. The van der Waals surface area contributed by atoms with Crippen molar-refractivity contribution in [1.29, 1.82) is 0 Å². The van der Waals surface area contributed by atoms with Crippen molar-refractivity contribution < 1.29 is 8.42 Å². The molecule has 0 saturated carbocycles. The third kappa shape index (κ3) is 1.96. The molecule has 5 nitrogen and oxygen atoms in total. The fourth-order valence-corrected chi connectivity index (χ4v) is 4.02. The summed E-state index contributed by atoms with van der Waals surface area (Å²) in [7, 11) is -3.13. The van der Waals surface area contributed by atoms with Gasteiger partial charge in [0.25, 0.3) is 0 Å². The number of benzene rings is 1. The van der Waals surface area contributed by atoms with Crippen molar-refractivity contribution >= 4 is 26.6 Å². The van der Waals surface area contributed by atoms with Crippen LogP contribution in [-0.2, 0) is 16.3 Å². The van der Waals surface area contributed by atoms with Crippen molar-refractivity contribution in [1.82, 2.24) is 9.97 Å². The van der Waals surface area contributed by atoms with Crippen LogP contribution in [-0.4, -0.2) is 30.2 Å². The molecule has 3 rings (SSSR count). The van der Waals surface area contributed by atoms with Gasteiger partial charge in [-0.05, 0) is 38.0 Å². The highest BCUT2D eigenvalue weighted by Crippen LogP contribution is 2.34. The monoisotopic (exact) mass is 277 g/mol. The van der Waals surface area contributed by atoms with Crippen molar-refractivity contribution in [2.24, 2.45) is 0 Å². The lowest BCUT2D eigenvalue weighted by Gasteiger charge is -2.13. The molecule has 1 aromatic carbocycles. The molecule has 19 heavy (non-hydrogen) atoms. The quantitative estimate of drug-likeness (QED) is 0.906. The Morgan fingerprint density at radius 1 is 1.26 bits per heavy atom. The molecule has 0 unspecified atom stereocenters. The van der Waals surface area contributed by atoms with E-state index < -0.39 is 9.84 Å². The minimum atomic E-state index is -3.13. The number of rotatable bonds is 2. The van der Waals surface area contributed by atoms with E-state index >= 15 is 0 Å². The molecule has 1 aromatic heterocycles. The van der Waals surface area contributed by atoms with Crippen molar-refractivity contribution in [3.05, 3.63) is 24.0 Å². The van der Waals surface area contributed by atoms with Gasteiger partial charge in [-0.2, -0.15) is 0 Å². The molecule has 100 valence electrons. The number of sulfone groups is 1. The largest absolute Gasteiger partial charge is 0.367 e. The maximum absolute atomic E-state index is 12.0. The Morgan fingerprint density at radius 2 is 2.05 bits per heavy atom. The zero-order chi connectivity index (χ0) is 13.6. The van der Waals surface area contributed by atoms with E-state index in [4.69, 9.17) is 0 Å². The number of anilines is 1. The molecule has 0 saturated heterocycles. The number of hydrogen-bond donors (Lipinski definition) is 1. The summed E-state index contributed by atoms with van der Waals surface area (Å²) in [5.41, 5.74) is 1.63. The molecule has 2 aromatic rings. The predicted molar refractivity (Wildman–Crippen MR) is 74.1 cm³/mol. The van der Waals surface area contributed by atoms with E-state index in [1.54, 1.807) is 12.1 Å². The summed E-state index contributed by atoms with van der Waals surface area (Å²) in [5, 5.41) is 4.10. The summed E-state index contributed by atoms with van der Waals surface area (Å²) in [5.74, 6) is 0.895. The van der Waals surface area contributed by atoms with Crippen molar-refractivity contribution in [2.45, 2.75) is 31.2 Å². The second-order valence-corrected chi connectivity index (χ2v) is 7.10. The fraction of sp³-hybridized carbons (Fsp3) is 0.385. The van der Waals surface area contributed by atoms with Gasteiger partial charge >= 0.3 is 0 Å². The first-order chi connectivity index (χ1) is 8.99. The van der Waals surface area contributed by atoms with Gasteiger partial charge in [0.05, 0.1) is 16.2 Å². The summed E-state index contributed by atoms with van der Waals surface area (Å²) in [4.78, 5) is 8.92. The van der Waals surface area contributed by atoms with Crippen LogP contribution in [0.3, 0.4) is 0 Å². The minimum absolute atomic E-state index is 0.178. The smallest absolute Gasteiger partial charge is 0.179 e. The molecule has 0 fully saturated rings. The Labute approximate surface area is 112 Å². The van der Waals surface area contributed by atoms with Crippen LogP contribution in [0.25, 0.3) is 10.9 Å². The number of nitrogens with one attached hydrogen (secondary N) is 1. The summed E-state index contributed by atoms with van der Waals surface area (Å²) < 4.78 is 23.9. The van der Waals surface area contributed by atoms with Crippen LogP contribution >= 0.6 is 0 Å². The lowest BCUT2D eigenvalue weighted by molar-refractivity contribution is 0.600. The van der Waals surface area contributed by atoms with Crippen LogP contribution in [0.5, 0.6) is 0 Å². The summed E-state index contributed by atoms with van der Waals surface area (Å²) in [6.45, 7) is 4.04. The first-order valence-electron chi connectivity index (χ1n) is 6.25. The molecule has 1 N–H and O–H groups in total. The Hall–Kier alpha value is -1.69. The molecule has 2 heterocycles. The molecule has 0 amide bonds. The summed E-state index contributed by atoms with van der Waals surface area (Å²) in [6, 6.07) is 3.64. The van der Waals surface area contributed by atoms with Gasteiger partial charge in [-0.25, -0.2) is 18.4 Å². The van der Waals surface area contributed by atoms with Gasteiger partial charge in [-0.1, -0.05) is 0 Å². The van der Waals surface area contributed by atoms with E-state index in [1.165, 1.54) is 6.33 Å². The van der Waals surface area contributed by atoms with E-state index in [1.807, 2.05) is 13.8 Å². The number of nitrogens with zero attached hydrogens (tertiary/aromatic N) is 2. The maximum atomic E-state index is 12.0. The zero-order valence-electron chi connectivity index (χ0n) is 10.8. The Balaban J connectivity index is 2.33. The van der Waals surface area contributed by atoms with Crippen LogP contribution in [0.1, 0.15) is 19.4 Å². The topological polar surface area (TPSA) is 72.0 Å². The van der Waals surface area contributed by atoms with Gasteiger partial charge in [0.1, 0.15) is 12.1 Å². The first kappa shape index (κ1) is 12.3. The molecule has 1 aliphatic rings. The minimum Gasteiger partial charge on any atom is -0.367 e. The number of aromatic nitrogens is 2. The number of aryl methyl sites for hydroxylation is 1.